The number of nitrogens with zero attached hydrogens (tertiary/aromatic N) is 1. The number of rotatable bonds is 2. The Bertz CT molecular complexity index is 283. The van der Waals surface area contributed by atoms with Crippen LogP contribution in [-0.2, 0) is 0 Å². The van der Waals surface area contributed by atoms with Crippen molar-refractivity contribution in [2.45, 2.75) is 12.8 Å². The molecular weight excluding hydrogens is 148 g/mol. The van der Waals surface area contributed by atoms with Crippen molar-refractivity contribution in [3.8, 4) is 0 Å². The van der Waals surface area contributed by atoms with Crippen LogP contribution in [0.4, 0.5) is 5.82 Å². The van der Waals surface area contributed by atoms with E-state index in [9.17, 15) is 0 Å². The fraction of sp³-hybridized carbons (Fsp3) is 0.300. The summed E-state index contributed by atoms with van der Waals surface area (Å²) in [6.45, 7) is 0. The van der Waals surface area contributed by atoms with Crippen molar-refractivity contribution in [1.29, 1.82) is 0 Å². The maximum Gasteiger partial charge on any atom is 0.123 e. The average molecular weight is 160 g/mol. The number of nitrogen functional groups attached to an aromatic ring is 1. The van der Waals surface area contributed by atoms with Crippen LogP contribution in [0.3, 0.4) is 0 Å². The van der Waals surface area contributed by atoms with E-state index in [0.717, 1.165) is 11.5 Å². The first-order valence-electron chi connectivity index (χ1n) is 4.24. The predicted octanol–water partition coefficient (Wildman–Crippen LogP) is 2.09. The molecule has 0 aliphatic heterocycles. The number of hydrogen-bond donors (Lipinski definition) is 1. The van der Waals surface area contributed by atoms with Gasteiger partial charge in [0, 0.05) is 6.20 Å². The molecule has 1 heterocycles. The molecule has 0 amide bonds. The molecule has 0 bridgehead atoms. The summed E-state index contributed by atoms with van der Waals surface area (Å²) < 4.78 is 0. The summed E-state index contributed by atoms with van der Waals surface area (Å²) in [5.74, 6) is 1.40. The van der Waals surface area contributed by atoms with Crippen LogP contribution in [0.1, 0.15) is 18.4 Å². The van der Waals surface area contributed by atoms with E-state index in [-0.39, 0.29) is 0 Å². The second kappa shape index (κ2) is 2.97. The van der Waals surface area contributed by atoms with Crippen LogP contribution in [0.15, 0.2) is 24.4 Å². The zero-order valence-electron chi connectivity index (χ0n) is 6.90. The molecule has 0 spiro atoms. The zero-order chi connectivity index (χ0) is 8.39. The van der Waals surface area contributed by atoms with Gasteiger partial charge < -0.3 is 5.73 Å². The number of nitrogens with two attached hydrogens (primary N) is 1. The average Bonchev–Trinajstić information content (AvgIpc) is 2.87. The summed E-state index contributed by atoms with van der Waals surface area (Å²) >= 11 is 0. The Hall–Kier alpha value is -1.31. The topological polar surface area (TPSA) is 38.9 Å². The lowest BCUT2D eigenvalue weighted by molar-refractivity contribution is 1.13. The Balaban J connectivity index is 2.07. The van der Waals surface area contributed by atoms with E-state index in [4.69, 9.17) is 5.73 Å². The smallest absolute Gasteiger partial charge is 0.123 e. The van der Waals surface area contributed by atoms with Gasteiger partial charge in [-0.1, -0.05) is 12.2 Å². The van der Waals surface area contributed by atoms with Crippen LogP contribution >= 0.6 is 0 Å². The summed E-state index contributed by atoms with van der Waals surface area (Å²) in [5.41, 5.74) is 6.60. The van der Waals surface area contributed by atoms with E-state index < -0.39 is 0 Å². The van der Waals surface area contributed by atoms with E-state index in [2.05, 4.69) is 17.1 Å². The first kappa shape index (κ1) is 7.35. The standard InChI is InChI=1S/C10H12N2/c11-10-6-5-9(7-12-10)4-3-8-1-2-8/h3-8H,1-2H2,(H2,11,12)/b4-3-. The quantitative estimate of drug-likeness (QED) is 0.719. The molecule has 0 saturated heterocycles. The molecule has 0 atom stereocenters. The van der Waals surface area contributed by atoms with E-state index in [1.54, 1.807) is 6.20 Å². The highest BCUT2D eigenvalue weighted by Crippen LogP contribution is 2.30. The van der Waals surface area contributed by atoms with Crippen molar-refractivity contribution in [2.75, 3.05) is 5.73 Å². The van der Waals surface area contributed by atoms with Gasteiger partial charge in [0.15, 0.2) is 0 Å². The highest BCUT2D eigenvalue weighted by Gasteiger charge is 2.16. The van der Waals surface area contributed by atoms with Crippen LogP contribution in [0.25, 0.3) is 6.08 Å². The summed E-state index contributed by atoms with van der Waals surface area (Å²) in [6.07, 6.45) is 8.85. The molecule has 1 fully saturated rings. The fourth-order valence-electron chi connectivity index (χ4n) is 1.05. The third-order valence-electron chi connectivity index (χ3n) is 1.99. The van der Waals surface area contributed by atoms with Crippen LogP contribution in [-0.4, -0.2) is 4.98 Å². The van der Waals surface area contributed by atoms with Gasteiger partial charge in [-0.3, -0.25) is 0 Å². The molecule has 1 aromatic heterocycles. The van der Waals surface area contributed by atoms with Gasteiger partial charge in [0.05, 0.1) is 0 Å². The lowest BCUT2D eigenvalue weighted by Crippen LogP contribution is -1.87. The van der Waals surface area contributed by atoms with Crippen molar-refractivity contribution < 1.29 is 0 Å². The number of aromatic nitrogens is 1. The Morgan fingerprint density at radius 3 is 2.83 bits per heavy atom. The van der Waals surface area contributed by atoms with Gasteiger partial charge in [0.25, 0.3) is 0 Å². The second-order valence-electron chi connectivity index (χ2n) is 3.21. The molecule has 1 aromatic rings. The molecule has 12 heavy (non-hydrogen) atoms. The Morgan fingerprint density at radius 1 is 1.42 bits per heavy atom. The summed E-state index contributed by atoms with van der Waals surface area (Å²) in [6, 6.07) is 3.81. The zero-order valence-corrected chi connectivity index (χ0v) is 6.90. The highest BCUT2D eigenvalue weighted by molar-refractivity contribution is 5.50. The van der Waals surface area contributed by atoms with E-state index in [0.29, 0.717) is 5.82 Å². The lowest BCUT2D eigenvalue weighted by atomic mass is 10.2. The molecule has 2 rings (SSSR count). The normalized spacial score (nSPS) is 17.0. The minimum Gasteiger partial charge on any atom is -0.384 e. The SMILES string of the molecule is Nc1ccc(/C=C\C2CC2)cn1. The fourth-order valence-corrected chi connectivity index (χ4v) is 1.05. The van der Waals surface area contributed by atoms with E-state index >= 15 is 0 Å². The molecule has 2 N–H and O–H groups in total. The Kier molecular flexibility index (Phi) is 1.82. The molecule has 0 radical (unpaired) electrons. The van der Waals surface area contributed by atoms with E-state index in [1.807, 2.05) is 12.1 Å². The van der Waals surface area contributed by atoms with Gasteiger partial charge in [0.1, 0.15) is 5.82 Å². The molecule has 1 aliphatic carbocycles. The largest absolute Gasteiger partial charge is 0.384 e. The predicted molar refractivity (Wildman–Crippen MR) is 50.4 cm³/mol. The van der Waals surface area contributed by atoms with Crippen molar-refractivity contribution in [2.24, 2.45) is 5.92 Å². The van der Waals surface area contributed by atoms with Gasteiger partial charge >= 0.3 is 0 Å². The lowest BCUT2D eigenvalue weighted by Gasteiger charge is -1.92. The third kappa shape index (κ3) is 1.84. The van der Waals surface area contributed by atoms with Gasteiger partial charge in [-0.05, 0) is 36.5 Å². The van der Waals surface area contributed by atoms with Crippen LogP contribution in [0, 0.1) is 5.92 Å². The first-order valence-corrected chi connectivity index (χ1v) is 4.24. The molecule has 1 saturated carbocycles. The molecule has 2 nitrogen and oxygen atoms in total. The van der Waals surface area contributed by atoms with Gasteiger partial charge in [0.2, 0.25) is 0 Å². The monoisotopic (exact) mass is 160 g/mol. The van der Waals surface area contributed by atoms with Gasteiger partial charge in [-0.15, -0.1) is 0 Å². The van der Waals surface area contributed by atoms with Crippen molar-refractivity contribution in [1.82, 2.24) is 4.98 Å². The third-order valence-corrected chi connectivity index (χ3v) is 1.99. The minimum absolute atomic E-state index is 0.582. The number of anilines is 1. The Labute approximate surface area is 72.1 Å². The maximum atomic E-state index is 5.46. The number of hydrogen-bond acceptors (Lipinski definition) is 2. The van der Waals surface area contributed by atoms with Crippen molar-refractivity contribution in [3.05, 3.63) is 30.0 Å². The van der Waals surface area contributed by atoms with Gasteiger partial charge in [-0.25, -0.2) is 4.98 Å². The van der Waals surface area contributed by atoms with Crippen LogP contribution in [0.2, 0.25) is 0 Å². The molecule has 0 unspecified atom stereocenters. The van der Waals surface area contributed by atoms with E-state index in [1.165, 1.54) is 12.8 Å². The number of allylic oxidation sites excluding steroid dienone is 1. The van der Waals surface area contributed by atoms with Crippen LogP contribution in [0.5, 0.6) is 0 Å². The molecule has 1 aliphatic rings. The van der Waals surface area contributed by atoms with Crippen LogP contribution < -0.4 is 5.73 Å². The Morgan fingerprint density at radius 2 is 2.25 bits per heavy atom. The summed E-state index contributed by atoms with van der Waals surface area (Å²) in [4.78, 5) is 4.00. The minimum atomic E-state index is 0.582. The summed E-state index contributed by atoms with van der Waals surface area (Å²) in [5, 5.41) is 0. The molecule has 0 aromatic carbocycles. The molecule has 2 heteroatoms. The van der Waals surface area contributed by atoms with Crippen molar-refractivity contribution in [3.63, 3.8) is 0 Å². The maximum absolute atomic E-state index is 5.46. The molecular formula is C10H12N2. The number of pyridine rings is 1. The second-order valence-corrected chi connectivity index (χ2v) is 3.21. The van der Waals surface area contributed by atoms with Crippen molar-refractivity contribution >= 4 is 11.9 Å². The van der Waals surface area contributed by atoms with Gasteiger partial charge in [-0.2, -0.15) is 0 Å². The molecule has 62 valence electrons. The highest BCUT2D eigenvalue weighted by atomic mass is 14.8. The first-order chi connectivity index (χ1) is 5.84. The summed E-state index contributed by atoms with van der Waals surface area (Å²) in [7, 11) is 0.